The Balaban J connectivity index is 1.34. The third-order valence-electron chi connectivity index (χ3n) is 5.19. The summed E-state index contributed by atoms with van der Waals surface area (Å²) in [7, 11) is 2.16. The van der Waals surface area contributed by atoms with Crippen molar-refractivity contribution >= 4 is 23.1 Å². The van der Waals surface area contributed by atoms with Crippen molar-refractivity contribution < 1.29 is 0 Å². The summed E-state index contributed by atoms with van der Waals surface area (Å²) in [5, 5.41) is 3.20. The van der Waals surface area contributed by atoms with E-state index < -0.39 is 0 Å². The number of fused-ring (bicyclic) bond motifs is 1. The van der Waals surface area contributed by atoms with Crippen LogP contribution in [0.15, 0.2) is 61.2 Å². The lowest BCUT2D eigenvalue weighted by atomic mass is 10.3. The Labute approximate surface area is 168 Å². The lowest BCUT2D eigenvalue weighted by Crippen LogP contribution is -2.44. The van der Waals surface area contributed by atoms with Gasteiger partial charge in [0.25, 0.3) is 0 Å². The van der Waals surface area contributed by atoms with E-state index in [1.807, 2.05) is 53.3 Å². The average Bonchev–Trinajstić information content (AvgIpc) is 3.19. The van der Waals surface area contributed by atoms with E-state index in [-0.39, 0.29) is 0 Å². The molecule has 29 heavy (non-hydrogen) atoms. The standard InChI is InChI=1S/C21H22N8/c1-27-10-12-28(13-11-27)16-5-6-19(23-14-16)26-21-22-8-7-17(25-21)18-15-24-20-4-2-3-9-29(18)20/h2-9,14-15H,10-13H2,1H3,(H,22,23,25,26). The lowest BCUT2D eigenvalue weighted by Gasteiger charge is -2.33. The Morgan fingerprint density at radius 1 is 0.897 bits per heavy atom. The first-order valence-electron chi connectivity index (χ1n) is 9.68. The number of rotatable bonds is 4. The Morgan fingerprint density at radius 2 is 1.79 bits per heavy atom. The normalized spacial score (nSPS) is 15.0. The molecule has 0 spiro atoms. The first-order chi connectivity index (χ1) is 14.3. The summed E-state index contributed by atoms with van der Waals surface area (Å²) in [6.45, 7) is 4.19. The fraction of sp³-hybridized carbons (Fsp3) is 0.238. The van der Waals surface area contributed by atoms with E-state index in [4.69, 9.17) is 0 Å². The molecule has 0 radical (unpaired) electrons. The van der Waals surface area contributed by atoms with Crippen LogP contribution in [-0.4, -0.2) is 62.5 Å². The molecule has 1 N–H and O–H groups in total. The highest BCUT2D eigenvalue weighted by molar-refractivity contribution is 5.62. The number of anilines is 3. The molecule has 8 heteroatoms. The van der Waals surface area contributed by atoms with Crippen LogP contribution < -0.4 is 10.2 Å². The van der Waals surface area contributed by atoms with Crippen molar-refractivity contribution in [2.75, 3.05) is 43.4 Å². The van der Waals surface area contributed by atoms with Gasteiger partial charge in [0.05, 0.1) is 29.5 Å². The van der Waals surface area contributed by atoms with Gasteiger partial charge in [0, 0.05) is 38.6 Å². The molecule has 4 aromatic heterocycles. The molecule has 0 atom stereocenters. The molecule has 0 unspecified atom stereocenters. The number of aromatic nitrogens is 5. The smallest absolute Gasteiger partial charge is 0.228 e. The van der Waals surface area contributed by atoms with Crippen molar-refractivity contribution in [2.24, 2.45) is 0 Å². The molecule has 0 saturated carbocycles. The van der Waals surface area contributed by atoms with Crippen LogP contribution in [0.1, 0.15) is 0 Å². The number of likely N-dealkylation sites (N-methyl/N-ethyl adjacent to an activating group) is 1. The predicted octanol–water partition coefficient (Wildman–Crippen LogP) is 2.68. The number of nitrogens with one attached hydrogen (secondary N) is 1. The molecule has 1 saturated heterocycles. The van der Waals surface area contributed by atoms with Crippen LogP contribution in [0.2, 0.25) is 0 Å². The molecule has 0 bridgehead atoms. The highest BCUT2D eigenvalue weighted by Crippen LogP contribution is 2.21. The van der Waals surface area contributed by atoms with Gasteiger partial charge in [-0.3, -0.25) is 4.40 Å². The molecule has 1 aliphatic rings. The molecule has 5 rings (SSSR count). The molecular formula is C21H22N8. The zero-order chi connectivity index (χ0) is 19.6. The molecule has 1 aliphatic heterocycles. The van der Waals surface area contributed by atoms with E-state index >= 15 is 0 Å². The maximum atomic E-state index is 4.64. The maximum Gasteiger partial charge on any atom is 0.228 e. The van der Waals surface area contributed by atoms with E-state index in [9.17, 15) is 0 Å². The van der Waals surface area contributed by atoms with Gasteiger partial charge in [0.1, 0.15) is 11.5 Å². The second-order valence-corrected chi connectivity index (χ2v) is 7.15. The third-order valence-corrected chi connectivity index (χ3v) is 5.19. The van der Waals surface area contributed by atoms with Gasteiger partial charge in [-0.1, -0.05) is 6.07 Å². The van der Waals surface area contributed by atoms with Gasteiger partial charge >= 0.3 is 0 Å². The summed E-state index contributed by atoms with van der Waals surface area (Å²) in [5.74, 6) is 1.23. The maximum absolute atomic E-state index is 4.64. The molecule has 5 heterocycles. The van der Waals surface area contributed by atoms with E-state index in [1.165, 1.54) is 0 Å². The SMILES string of the molecule is CN1CCN(c2ccc(Nc3nccc(-c4cnc5ccccn45)n3)nc2)CC1. The summed E-state index contributed by atoms with van der Waals surface area (Å²) in [5.41, 5.74) is 3.75. The number of imidazole rings is 1. The number of piperazine rings is 1. The van der Waals surface area contributed by atoms with Crippen LogP contribution in [-0.2, 0) is 0 Å². The minimum atomic E-state index is 0.508. The number of pyridine rings is 2. The molecule has 146 valence electrons. The zero-order valence-electron chi connectivity index (χ0n) is 16.2. The van der Waals surface area contributed by atoms with Crippen molar-refractivity contribution in [3.05, 3.63) is 61.2 Å². The van der Waals surface area contributed by atoms with Crippen molar-refractivity contribution in [3.8, 4) is 11.4 Å². The molecule has 1 fully saturated rings. The largest absolute Gasteiger partial charge is 0.368 e. The van der Waals surface area contributed by atoms with Crippen molar-refractivity contribution in [2.45, 2.75) is 0 Å². The van der Waals surface area contributed by atoms with Crippen molar-refractivity contribution in [3.63, 3.8) is 0 Å². The van der Waals surface area contributed by atoms with E-state index in [1.54, 1.807) is 6.20 Å². The highest BCUT2D eigenvalue weighted by atomic mass is 15.3. The average molecular weight is 386 g/mol. The van der Waals surface area contributed by atoms with Gasteiger partial charge in [-0.05, 0) is 37.4 Å². The van der Waals surface area contributed by atoms with Crippen LogP contribution >= 0.6 is 0 Å². The second-order valence-electron chi connectivity index (χ2n) is 7.15. The monoisotopic (exact) mass is 386 g/mol. The zero-order valence-corrected chi connectivity index (χ0v) is 16.2. The van der Waals surface area contributed by atoms with E-state index in [0.29, 0.717) is 5.95 Å². The number of hydrogen-bond donors (Lipinski definition) is 1. The summed E-state index contributed by atoms with van der Waals surface area (Å²) in [6, 6.07) is 11.9. The van der Waals surface area contributed by atoms with Gasteiger partial charge in [-0.25, -0.2) is 19.9 Å². The molecule has 8 nitrogen and oxygen atoms in total. The fourth-order valence-electron chi connectivity index (χ4n) is 3.51. The van der Waals surface area contributed by atoms with E-state index in [2.05, 4.69) is 48.2 Å². The molecule has 0 aliphatic carbocycles. The summed E-state index contributed by atoms with van der Waals surface area (Å²) < 4.78 is 2.01. The first-order valence-corrected chi connectivity index (χ1v) is 9.68. The van der Waals surface area contributed by atoms with Crippen LogP contribution in [0, 0.1) is 0 Å². The van der Waals surface area contributed by atoms with Crippen LogP contribution in [0.4, 0.5) is 17.5 Å². The Kier molecular flexibility index (Phi) is 4.53. The van der Waals surface area contributed by atoms with Crippen LogP contribution in [0.3, 0.4) is 0 Å². The highest BCUT2D eigenvalue weighted by Gasteiger charge is 2.14. The molecule has 4 aromatic rings. The number of hydrogen-bond acceptors (Lipinski definition) is 7. The molecule has 0 amide bonds. The second kappa shape index (κ2) is 7.48. The fourth-order valence-corrected chi connectivity index (χ4v) is 3.51. The Bertz CT molecular complexity index is 1110. The minimum Gasteiger partial charge on any atom is -0.368 e. The minimum absolute atomic E-state index is 0.508. The predicted molar refractivity (Wildman–Crippen MR) is 113 cm³/mol. The Morgan fingerprint density at radius 3 is 2.62 bits per heavy atom. The Hall–Kier alpha value is -3.52. The topological polar surface area (TPSA) is 74.5 Å². The van der Waals surface area contributed by atoms with Gasteiger partial charge in [0.2, 0.25) is 5.95 Å². The lowest BCUT2D eigenvalue weighted by molar-refractivity contribution is 0.313. The number of nitrogens with zero attached hydrogens (tertiary/aromatic N) is 7. The van der Waals surface area contributed by atoms with Gasteiger partial charge in [-0.15, -0.1) is 0 Å². The van der Waals surface area contributed by atoms with Crippen molar-refractivity contribution in [1.29, 1.82) is 0 Å². The van der Waals surface area contributed by atoms with Crippen molar-refractivity contribution in [1.82, 2.24) is 29.2 Å². The summed E-state index contributed by atoms with van der Waals surface area (Å²) in [6.07, 6.45) is 7.45. The summed E-state index contributed by atoms with van der Waals surface area (Å²) in [4.78, 5) is 22.7. The molecular weight excluding hydrogens is 364 g/mol. The van der Waals surface area contributed by atoms with Gasteiger partial charge < -0.3 is 15.1 Å². The summed E-state index contributed by atoms with van der Waals surface area (Å²) >= 11 is 0. The van der Waals surface area contributed by atoms with Gasteiger partial charge in [-0.2, -0.15) is 0 Å². The molecule has 0 aromatic carbocycles. The quantitative estimate of drug-likeness (QED) is 0.578. The van der Waals surface area contributed by atoms with E-state index in [0.717, 1.165) is 54.7 Å². The van der Waals surface area contributed by atoms with Gasteiger partial charge in [0.15, 0.2) is 0 Å². The first kappa shape index (κ1) is 17.6. The van der Waals surface area contributed by atoms with Crippen LogP contribution in [0.5, 0.6) is 0 Å². The third kappa shape index (κ3) is 3.62. The van der Waals surface area contributed by atoms with Crippen LogP contribution in [0.25, 0.3) is 17.0 Å².